The van der Waals surface area contributed by atoms with Crippen LogP contribution in [0.25, 0.3) is 23.2 Å². The van der Waals surface area contributed by atoms with Gasteiger partial charge in [-0.15, -0.1) is 5.10 Å². The molecule has 0 N–H and O–H groups in total. The smallest absolute Gasteiger partial charge is 0.357 e. The molecule has 0 amide bonds. The Hall–Kier alpha value is -3.75. The molecule has 9 nitrogen and oxygen atoms in total. The van der Waals surface area contributed by atoms with Gasteiger partial charge < -0.3 is 13.9 Å². The first-order chi connectivity index (χ1) is 13.5. The number of carbonyl (C=O) groups excluding carboxylic acids is 2. The third kappa shape index (κ3) is 4.70. The number of esters is 2. The maximum atomic E-state index is 12.7. The van der Waals surface area contributed by atoms with E-state index >= 15 is 0 Å². The predicted molar refractivity (Wildman–Crippen MR) is 98.3 cm³/mol. The number of furan rings is 1. The normalized spacial score (nSPS) is 11.5. The van der Waals surface area contributed by atoms with Crippen LogP contribution in [-0.2, 0) is 19.1 Å². The number of tetrazole rings is 1. The minimum absolute atomic E-state index is 0.0175. The van der Waals surface area contributed by atoms with Gasteiger partial charge in [0.15, 0.2) is 18.1 Å². The number of ether oxygens (including phenoxy) is 2. The minimum Gasteiger partial charge on any atom is -0.465 e. The molecule has 9 heteroatoms. The monoisotopic (exact) mass is 382 g/mol. The summed E-state index contributed by atoms with van der Waals surface area (Å²) < 4.78 is 16.6. The Balaban J connectivity index is 1.91. The summed E-state index contributed by atoms with van der Waals surface area (Å²) in [7, 11) is 0. The predicted octanol–water partition coefficient (Wildman–Crippen LogP) is 2.43. The molecule has 0 saturated carbocycles. The fraction of sp³-hybridized carbons (Fsp3) is 0.211. The Morgan fingerprint density at radius 1 is 1.18 bits per heavy atom. The summed E-state index contributed by atoms with van der Waals surface area (Å²) in [6.45, 7) is 2.87. The van der Waals surface area contributed by atoms with Crippen LogP contribution in [0.2, 0.25) is 0 Å². The van der Waals surface area contributed by atoms with Gasteiger partial charge in [-0.25, -0.2) is 9.59 Å². The van der Waals surface area contributed by atoms with E-state index < -0.39 is 18.5 Å². The van der Waals surface area contributed by atoms with Crippen molar-refractivity contribution in [1.29, 1.82) is 0 Å². The average Bonchev–Trinajstić information content (AvgIpc) is 3.36. The van der Waals surface area contributed by atoms with Crippen molar-refractivity contribution in [2.45, 2.75) is 20.0 Å². The molecule has 0 radical (unpaired) electrons. The van der Waals surface area contributed by atoms with Crippen molar-refractivity contribution in [1.82, 2.24) is 20.2 Å². The van der Waals surface area contributed by atoms with E-state index in [9.17, 15) is 9.59 Å². The van der Waals surface area contributed by atoms with Gasteiger partial charge in [0.2, 0.25) is 0 Å². The van der Waals surface area contributed by atoms with Gasteiger partial charge in [-0.2, -0.15) is 4.68 Å². The first-order valence-electron chi connectivity index (χ1n) is 8.50. The maximum Gasteiger partial charge on any atom is 0.357 e. The Kier molecular flexibility index (Phi) is 5.95. The first-order valence-corrected chi connectivity index (χ1v) is 8.50. The second-order valence-electron chi connectivity index (χ2n) is 5.94. The minimum atomic E-state index is -0.804. The van der Waals surface area contributed by atoms with Crippen molar-refractivity contribution in [2.24, 2.45) is 0 Å². The van der Waals surface area contributed by atoms with Crippen LogP contribution in [0, 0.1) is 0 Å². The van der Waals surface area contributed by atoms with Crippen molar-refractivity contribution in [2.75, 3.05) is 6.61 Å². The molecular weight excluding hydrogens is 364 g/mol. The van der Waals surface area contributed by atoms with Gasteiger partial charge in [0.25, 0.3) is 0 Å². The highest BCUT2D eigenvalue weighted by molar-refractivity contribution is 6.15. The van der Waals surface area contributed by atoms with E-state index in [0.29, 0.717) is 17.1 Å². The molecule has 3 aromatic rings. The van der Waals surface area contributed by atoms with E-state index in [-0.39, 0.29) is 11.8 Å². The molecule has 0 atom stereocenters. The fourth-order valence-electron chi connectivity index (χ4n) is 2.33. The quantitative estimate of drug-likeness (QED) is 0.453. The molecule has 0 fully saturated rings. The summed E-state index contributed by atoms with van der Waals surface area (Å²) >= 11 is 0. The number of hydrogen-bond donors (Lipinski definition) is 0. The largest absolute Gasteiger partial charge is 0.465 e. The van der Waals surface area contributed by atoms with Crippen LogP contribution in [0.4, 0.5) is 0 Å². The standard InChI is InChI=1S/C19H18N4O5/c1-13(2)28-17(24)12-27-19(25)16(11-15-9-6-10-26-15)23-18(20-21-22-23)14-7-4-3-5-8-14/h3-11,13H,12H2,1-2H3/b16-11-. The fourth-order valence-corrected chi connectivity index (χ4v) is 2.33. The number of nitrogens with zero attached hydrogens (tertiary/aromatic N) is 4. The lowest BCUT2D eigenvalue weighted by atomic mass is 10.2. The highest BCUT2D eigenvalue weighted by atomic mass is 16.6. The van der Waals surface area contributed by atoms with Crippen molar-refractivity contribution in [3.63, 3.8) is 0 Å². The summed E-state index contributed by atoms with van der Waals surface area (Å²) in [4.78, 5) is 24.4. The molecular formula is C19H18N4O5. The van der Waals surface area contributed by atoms with E-state index in [1.807, 2.05) is 18.2 Å². The van der Waals surface area contributed by atoms with Crippen LogP contribution < -0.4 is 0 Å². The maximum absolute atomic E-state index is 12.7. The zero-order chi connectivity index (χ0) is 19.9. The number of benzene rings is 1. The van der Waals surface area contributed by atoms with E-state index in [4.69, 9.17) is 13.9 Å². The highest BCUT2D eigenvalue weighted by Crippen LogP contribution is 2.21. The topological polar surface area (TPSA) is 109 Å². The Bertz CT molecular complexity index is 961. The lowest BCUT2D eigenvalue weighted by molar-refractivity contribution is -0.158. The van der Waals surface area contributed by atoms with Crippen LogP contribution in [0.15, 0.2) is 53.1 Å². The zero-order valence-corrected chi connectivity index (χ0v) is 15.3. The molecule has 0 bridgehead atoms. The molecule has 0 aliphatic heterocycles. The summed E-state index contributed by atoms with van der Waals surface area (Å²) in [5, 5.41) is 11.5. The van der Waals surface area contributed by atoms with Crippen LogP contribution in [0.1, 0.15) is 19.6 Å². The Morgan fingerprint density at radius 3 is 2.64 bits per heavy atom. The van der Waals surface area contributed by atoms with Crippen LogP contribution in [0.5, 0.6) is 0 Å². The van der Waals surface area contributed by atoms with E-state index in [2.05, 4.69) is 15.5 Å². The summed E-state index contributed by atoms with van der Waals surface area (Å²) in [5.41, 5.74) is 0.681. The highest BCUT2D eigenvalue weighted by Gasteiger charge is 2.22. The Labute approximate surface area is 160 Å². The van der Waals surface area contributed by atoms with E-state index in [1.165, 1.54) is 17.0 Å². The van der Waals surface area contributed by atoms with Gasteiger partial charge in [0.1, 0.15) is 5.76 Å². The molecule has 0 spiro atoms. The summed E-state index contributed by atoms with van der Waals surface area (Å²) in [5.74, 6) is -0.728. The SMILES string of the molecule is CC(C)OC(=O)COC(=O)/C(=C/c1ccco1)n1nnnc1-c1ccccc1. The number of aromatic nitrogens is 4. The lowest BCUT2D eigenvalue weighted by Crippen LogP contribution is -2.22. The summed E-state index contributed by atoms with van der Waals surface area (Å²) in [6.07, 6.45) is 2.58. The van der Waals surface area contributed by atoms with Crippen molar-refractivity contribution in [3.05, 3.63) is 54.5 Å². The molecule has 28 heavy (non-hydrogen) atoms. The first kappa shape index (κ1) is 19.0. The second-order valence-corrected chi connectivity index (χ2v) is 5.94. The van der Waals surface area contributed by atoms with Gasteiger partial charge in [-0.05, 0) is 36.4 Å². The van der Waals surface area contributed by atoms with Crippen molar-refractivity contribution in [3.8, 4) is 11.4 Å². The van der Waals surface area contributed by atoms with Crippen molar-refractivity contribution < 1.29 is 23.5 Å². The molecule has 2 aromatic heterocycles. The number of hydrogen-bond acceptors (Lipinski definition) is 8. The molecule has 0 unspecified atom stereocenters. The van der Waals surface area contributed by atoms with Crippen LogP contribution in [0.3, 0.4) is 0 Å². The van der Waals surface area contributed by atoms with Gasteiger partial charge in [-0.3, -0.25) is 0 Å². The summed E-state index contributed by atoms with van der Waals surface area (Å²) in [6, 6.07) is 12.4. The molecule has 1 aromatic carbocycles. The van der Waals surface area contributed by atoms with Crippen LogP contribution in [-0.4, -0.2) is 44.9 Å². The van der Waals surface area contributed by atoms with Gasteiger partial charge in [0.05, 0.1) is 12.4 Å². The molecule has 0 saturated heterocycles. The van der Waals surface area contributed by atoms with E-state index in [1.54, 1.807) is 38.1 Å². The van der Waals surface area contributed by atoms with Crippen LogP contribution >= 0.6 is 0 Å². The van der Waals surface area contributed by atoms with Gasteiger partial charge >= 0.3 is 11.9 Å². The molecule has 3 rings (SSSR count). The lowest BCUT2D eigenvalue weighted by Gasteiger charge is -2.11. The van der Waals surface area contributed by atoms with Gasteiger partial charge in [0, 0.05) is 11.6 Å². The third-order valence-electron chi connectivity index (χ3n) is 3.45. The van der Waals surface area contributed by atoms with E-state index in [0.717, 1.165) is 0 Å². The zero-order valence-electron chi connectivity index (χ0n) is 15.3. The third-order valence-corrected chi connectivity index (χ3v) is 3.45. The number of rotatable bonds is 7. The second kappa shape index (κ2) is 8.76. The average molecular weight is 382 g/mol. The molecule has 0 aliphatic carbocycles. The van der Waals surface area contributed by atoms with Gasteiger partial charge in [-0.1, -0.05) is 30.3 Å². The van der Waals surface area contributed by atoms with Crippen molar-refractivity contribution >= 4 is 23.7 Å². The molecule has 2 heterocycles. The Morgan fingerprint density at radius 2 is 1.96 bits per heavy atom. The molecule has 144 valence electrons. The number of carbonyl (C=O) groups is 2. The molecule has 0 aliphatic rings.